The van der Waals surface area contributed by atoms with Crippen LogP contribution in [0.2, 0.25) is 0 Å². The van der Waals surface area contributed by atoms with E-state index in [0.717, 1.165) is 59.2 Å². The zero-order valence-corrected chi connectivity index (χ0v) is 34.7. The Balaban J connectivity index is 1.29. The summed E-state index contributed by atoms with van der Waals surface area (Å²) in [6.45, 7) is 16.7. The SMILES string of the molecule is Cc1cc(C)c2c(c1)Cc1cc(C)cc(C)c1N(c1nc3ccccc3s1)c1cc(C)c(N=Nc3c(C#N)c(C(C)(C)C)nn3-c3nc4ccccc4s3)c(n1)N2. The van der Waals surface area contributed by atoms with Gasteiger partial charge in [-0.15, -0.1) is 10.2 Å². The molecule has 4 aromatic carbocycles. The summed E-state index contributed by atoms with van der Waals surface area (Å²) >= 11 is 3.14. The van der Waals surface area contributed by atoms with E-state index in [9.17, 15) is 5.26 Å². The summed E-state index contributed by atoms with van der Waals surface area (Å²) in [5, 5.41) is 30.6. The largest absolute Gasteiger partial charge is 0.338 e. The van der Waals surface area contributed by atoms with Crippen molar-refractivity contribution in [2.24, 2.45) is 10.2 Å². The molecule has 0 radical (unpaired) electrons. The van der Waals surface area contributed by atoms with Crippen LogP contribution in [0.1, 0.15) is 71.0 Å². The van der Waals surface area contributed by atoms with Crippen LogP contribution in [-0.2, 0) is 11.8 Å². The number of hydrogen-bond donors (Lipinski definition) is 1. The number of anilines is 5. The summed E-state index contributed by atoms with van der Waals surface area (Å²) in [4.78, 5) is 17.6. The molecule has 1 N–H and O–H groups in total. The average Bonchev–Trinajstić information content (AvgIpc) is 3.88. The third kappa shape index (κ3) is 6.42. The highest BCUT2D eigenvalue weighted by Crippen LogP contribution is 2.47. The van der Waals surface area contributed by atoms with Gasteiger partial charge in [-0.3, -0.25) is 4.90 Å². The molecule has 0 atom stereocenters. The number of thiazole rings is 2. The maximum Gasteiger partial charge on any atom is 0.213 e. The van der Waals surface area contributed by atoms with E-state index in [1.807, 2.05) is 64.1 Å². The molecule has 9 rings (SSSR count). The number of aromatic nitrogens is 5. The second-order valence-electron chi connectivity index (χ2n) is 15.8. The van der Waals surface area contributed by atoms with E-state index in [2.05, 4.69) is 86.4 Å². The standard InChI is InChI=1S/C45H40N10S2/c1-24-17-26(3)37-29(19-24)22-30-20-25(2)18-28(5)39(30)54(43-47-32-13-9-11-15-34(32)56-43)36-21-27(4)38(41(49-36)50-37)51-52-42-31(23-46)40(45(6,7)8)53-55(42)44-48-33-14-10-12-16-35(33)57-44/h9-21H,22H2,1-8H3,(H,49,50). The Labute approximate surface area is 339 Å². The van der Waals surface area contributed by atoms with Gasteiger partial charge in [0, 0.05) is 17.5 Å². The first-order chi connectivity index (χ1) is 27.4. The number of nitriles is 1. The van der Waals surface area contributed by atoms with E-state index in [1.54, 1.807) is 16.0 Å². The van der Waals surface area contributed by atoms with E-state index in [-0.39, 0.29) is 0 Å². The van der Waals surface area contributed by atoms with E-state index in [4.69, 9.17) is 30.3 Å². The molecule has 0 saturated heterocycles. The first-order valence-corrected chi connectivity index (χ1v) is 20.5. The van der Waals surface area contributed by atoms with Crippen molar-refractivity contribution in [2.75, 3.05) is 10.2 Å². The molecule has 1 aliphatic rings. The molecule has 2 bridgehead atoms. The second kappa shape index (κ2) is 13.7. The second-order valence-corrected chi connectivity index (χ2v) is 17.8. The number of benzene rings is 4. The number of azo groups is 1. The highest BCUT2D eigenvalue weighted by molar-refractivity contribution is 7.22. The van der Waals surface area contributed by atoms with Gasteiger partial charge >= 0.3 is 0 Å². The minimum absolute atomic E-state index is 0.320. The third-order valence-corrected chi connectivity index (χ3v) is 12.2. The molecule has 0 amide bonds. The van der Waals surface area contributed by atoms with E-state index >= 15 is 0 Å². The lowest BCUT2D eigenvalue weighted by Gasteiger charge is -2.29. The van der Waals surface area contributed by atoms with Crippen LogP contribution in [0.5, 0.6) is 0 Å². The van der Waals surface area contributed by atoms with Gasteiger partial charge in [-0.1, -0.05) is 103 Å². The fourth-order valence-electron chi connectivity index (χ4n) is 7.75. The van der Waals surface area contributed by atoms with Crippen molar-refractivity contribution in [2.45, 2.75) is 67.2 Å². The van der Waals surface area contributed by atoms with Gasteiger partial charge in [-0.25, -0.2) is 15.0 Å². The van der Waals surface area contributed by atoms with Crippen molar-refractivity contribution < 1.29 is 0 Å². The van der Waals surface area contributed by atoms with Crippen molar-refractivity contribution in [1.82, 2.24) is 24.7 Å². The van der Waals surface area contributed by atoms with Crippen molar-refractivity contribution in [3.8, 4) is 11.2 Å². The molecule has 1 aliphatic heterocycles. The van der Waals surface area contributed by atoms with Crippen molar-refractivity contribution in [1.29, 1.82) is 5.26 Å². The Morgan fingerprint density at radius 3 is 2.04 bits per heavy atom. The molecule has 8 aromatic rings. The van der Waals surface area contributed by atoms with Gasteiger partial charge in [0.1, 0.15) is 23.1 Å². The van der Waals surface area contributed by atoms with E-state index in [0.29, 0.717) is 46.0 Å². The van der Waals surface area contributed by atoms with Crippen LogP contribution in [0, 0.1) is 45.9 Å². The molecular weight excluding hydrogens is 745 g/mol. The summed E-state index contributed by atoms with van der Waals surface area (Å²) in [7, 11) is 0. The lowest BCUT2D eigenvalue weighted by Crippen LogP contribution is -2.18. The molecule has 12 heteroatoms. The predicted octanol–water partition coefficient (Wildman–Crippen LogP) is 12.7. The summed E-state index contributed by atoms with van der Waals surface area (Å²) in [6, 6.07) is 29.6. The number of fused-ring (bicyclic) bond motifs is 6. The Morgan fingerprint density at radius 1 is 0.737 bits per heavy atom. The summed E-state index contributed by atoms with van der Waals surface area (Å²) < 4.78 is 3.77. The highest BCUT2D eigenvalue weighted by Gasteiger charge is 2.30. The van der Waals surface area contributed by atoms with Crippen LogP contribution in [0.4, 0.5) is 39.6 Å². The Morgan fingerprint density at radius 2 is 1.37 bits per heavy atom. The average molecular weight is 785 g/mol. The number of para-hydroxylation sites is 2. The predicted molar refractivity (Wildman–Crippen MR) is 233 cm³/mol. The molecule has 0 spiro atoms. The molecule has 0 unspecified atom stereocenters. The summed E-state index contributed by atoms with van der Waals surface area (Å²) in [5.74, 6) is 1.57. The van der Waals surface area contributed by atoms with Gasteiger partial charge < -0.3 is 5.32 Å². The summed E-state index contributed by atoms with van der Waals surface area (Å²) in [5.41, 5.74) is 12.7. The quantitative estimate of drug-likeness (QED) is 0.176. The van der Waals surface area contributed by atoms with Crippen LogP contribution in [0.25, 0.3) is 25.6 Å². The van der Waals surface area contributed by atoms with Gasteiger partial charge in [-0.05, 0) is 92.8 Å². The lowest BCUT2D eigenvalue weighted by molar-refractivity contribution is 0.559. The van der Waals surface area contributed by atoms with Crippen LogP contribution >= 0.6 is 22.7 Å². The van der Waals surface area contributed by atoms with Gasteiger partial charge in [0.25, 0.3) is 0 Å². The number of nitrogens with zero attached hydrogens (tertiary/aromatic N) is 9. The van der Waals surface area contributed by atoms with Gasteiger partial charge in [0.2, 0.25) is 5.13 Å². The number of pyridine rings is 1. The monoisotopic (exact) mass is 784 g/mol. The van der Waals surface area contributed by atoms with E-state index < -0.39 is 5.41 Å². The molecule has 0 aliphatic carbocycles. The van der Waals surface area contributed by atoms with Gasteiger partial charge in [0.05, 0.1) is 31.8 Å². The number of nitrogens with one attached hydrogen (secondary N) is 1. The molecule has 282 valence electrons. The molecule has 0 saturated carbocycles. The smallest absolute Gasteiger partial charge is 0.213 e. The first kappa shape index (κ1) is 36.4. The fourth-order valence-corrected chi connectivity index (χ4v) is 9.65. The zero-order valence-electron chi connectivity index (χ0n) is 33.1. The maximum absolute atomic E-state index is 10.6. The number of hydrogen-bond acceptors (Lipinski definition) is 11. The molecule has 5 heterocycles. The number of rotatable bonds is 4. The molecule has 4 aromatic heterocycles. The Kier molecular flexibility index (Phi) is 8.75. The van der Waals surface area contributed by atoms with Crippen LogP contribution < -0.4 is 10.2 Å². The van der Waals surface area contributed by atoms with Crippen molar-refractivity contribution in [3.63, 3.8) is 0 Å². The summed E-state index contributed by atoms with van der Waals surface area (Å²) in [6.07, 6.45) is 0.687. The third-order valence-electron chi connectivity index (χ3n) is 10.2. The van der Waals surface area contributed by atoms with Crippen molar-refractivity contribution in [3.05, 3.63) is 129 Å². The molecule has 10 nitrogen and oxygen atoms in total. The zero-order chi connectivity index (χ0) is 39.7. The molecule has 57 heavy (non-hydrogen) atoms. The lowest BCUT2D eigenvalue weighted by atomic mass is 9.90. The van der Waals surface area contributed by atoms with Gasteiger partial charge in [-0.2, -0.15) is 15.0 Å². The van der Waals surface area contributed by atoms with E-state index in [1.165, 1.54) is 28.0 Å². The molecule has 0 fully saturated rings. The normalized spacial score (nSPS) is 12.9. The van der Waals surface area contributed by atoms with Crippen LogP contribution in [0.3, 0.4) is 0 Å². The minimum Gasteiger partial charge on any atom is -0.338 e. The van der Waals surface area contributed by atoms with Crippen LogP contribution in [-0.4, -0.2) is 24.7 Å². The van der Waals surface area contributed by atoms with Gasteiger partial charge in [0.15, 0.2) is 16.8 Å². The maximum atomic E-state index is 10.6. The van der Waals surface area contributed by atoms with Crippen molar-refractivity contribution >= 4 is 82.8 Å². The Hall–Kier alpha value is -6.29. The highest BCUT2D eigenvalue weighted by atomic mass is 32.1. The number of aryl methyl sites for hydroxylation is 5. The topological polar surface area (TPSA) is 120 Å². The van der Waals surface area contributed by atoms with Crippen LogP contribution in [0.15, 0.2) is 89.1 Å². The first-order valence-electron chi connectivity index (χ1n) is 18.8. The Bertz CT molecular complexity index is 2920. The minimum atomic E-state index is -0.437. The fraction of sp³-hybridized carbons (Fsp3) is 0.222. The molecular formula is C45H40N10S2.